The van der Waals surface area contributed by atoms with Gasteiger partial charge in [0, 0.05) is 23.6 Å². The van der Waals surface area contributed by atoms with Crippen molar-refractivity contribution in [1.29, 1.82) is 0 Å². The highest BCUT2D eigenvalue weighted by Gasteiger charge is 2.23. The number of hydrogen-bond acceptors (Lipinski definition) is 8. The first-order valence-corrected chi connectivity index (χ1v) is 10.5. The SMILES string of the molecule is COC(=O)CN(Cc1cc(OC)cc(OC)c1)C(=O)c1csc(-c2ccc(OC)cc2)n1. The smallest absolute Gasteiger partial charge is 0.325 e. The minimum absolute atomic E-state index is 0.150. The molecule has 1 heterocycles. The van der Waals surface area contributed by atoms with E-state index >= 15 is 0 Å². The number of benzene rings is 2. The number of thiazole rings is 1. The van der Waals surface area contributed by atoms with Crippen LogP contribution in [0.25, 0.3) is 10.6 Å². The topological polar surface area (TPSA) is 87.2 Å². The van der Waals surface area contributed by atoms with Gasteiger partial charge in [0.05, 0.1) is 28.4 Å². The highest BCUT2D eigenvalue weighted by molar-refractivity contribution is 7.13. The van der Waals surface area contributed by atoms with Gasteiger partial charge in [-0.3, -0.25) is 9.59 Å². The molecule has 0 aliphatic carbocycles. The van der Waals surface area contributed by atoms with E-state index in [2.05, 4.69) is 4.98 Å². The van der Waals surface area contributed by atoms with Gasteiger partial charge in [-0.25, -0.2) is 4.98 Å². The summed E-state index contributed by atoms with van der Waals surface area (Å²) in [7, 11) is 5.98. The zero-order valence-electron chi connectivity index (χ0n) is 18.3. The minimum atomic E-state index is -0.529. The molecule has 9 heteroatoms. The van der Waals surface area contributed by atoms with Gasteiger partial charge < -0.3 is 23.8 Å². The lowest BCUT2D eigenvalue weighted by Crippen LogP contribution is -2.36. The average molecular weight is 457 g/mol. The van der Waals surface area contributed by atoms with Crippen molar-refractivity contribution in [3.63, 3.8) is 0 Å². The van der Waals surface area contributed by atoms with Crippen molar-refractivity contribution in [2.75, 3.05) is 35.0 Å². The molecule has 0 N–H and O–H groups in total. The molecule has 0 bridgehead atoms. The normalized spacial score (nSPS) is 10.4. The summed E-state index contributed by atoms with van der Waals surface area (Å²) in [5.41, 5.74) is 1.86. The second-order valence-corrected chi connectivity index (χ2v) is 7.58. The number of methoxy groups -OCH3 is 4. The fourth-order valence-corrected chi connectivity index (χ4v) is 3.80. The van der Waals surface area contributed by atoms with E-state index < -0.39 is 5.97 Å². The van der Waals surface area contributed by atoms with Crippen molar-refractivity contribution in [1.82, 2.24) is 9.88 Å². The maximum absolute atomic E-state index is 13.2. The molecular weight excluding hydrogens is 432 g/mol. The van der Waals surface area contributed by atoms with E-state index in [9.17, 15) is 9.59 Å². The van der Waals surface area contributed by atoms with Crippen molar-refractivity contribution < 1.29 is 28.5 Å². The van der Waals surface area contributed by atoms with Crippen LogP contribution in [0, 0.1) is 0 Å². The van der Waals surface area contributed by atoms with Crippen LogP contribution in [0.4, 0.5) is 0 Å². The molecule has 3 rings (SSSR count). The third kappa shape index (κ3) is 5.55. The minimum Gasteiger partial charge on any atom is -0.497 e. The van der Waals surface area contributed by atoms with Gasteiger partial charge in [0.1, 0.15) is 34.5 Å². The second kappa shape index (κ2) is 10.6. The van der Waals surface area contributed by atoms with Crippen LogP contribution in [-0.2, 0) is 16.1 Å². The molecule has 0 fully saturated rings. The maximum Gasteiger partial charge on any atom is 0.325 e. The molecule has 0 aliphatic rings. The Morgan fingerprint density at radius 3 is 2.09 bits per heavy atom. The molecule has 32 heavy (non-hydrogen) atoms. The van der Waals surface area contributed by atoms with Crippen LogP contribution in [0.1, 0.15) is 16.1 Å². The van der Waals surface area contributed by atoms with Gasteiger partial charge >= 0.3 is 5.97 Å². The Labute approximate surface area is 190 Å². The molecule has 2 aromatic carbocycles. The summed E-state index contributed by atoms with van der Waals surface area (Å²) in [6, 6.07) is 12.7. The summed E-state index contributed by atoms with van der Waals surface area (Å²) in [6.07, 6.45) is 0. The van der Waals surface area contributed by atoms with Gasteiger partial charge in [0.2, 0.25) is 0 Å². The zero-order chi connectivity index (χ0) is 23.1. The molecule has 8 nitrogen and oxygen atoms in total. The standard InChI is InChI=1S/C23H24N2O6S/c1-28-17-7-5-16(6-8-17)22-24-20(14-32-22)23(27)25(13-21(26)31-4)12-15-9-18(29-2)11-19(10-15)30-3/h5-11,14H,12-13H2,1-4H3. The predicted molar refractivity (Wildman–Crippen MR) is 120 cm³/mol. The zero-order valence-corrected chi connectivity index (χ0v) is 19.1. The van der Waals surface area contributed by atoms with Crippen LogP contribution in [0.5, 0.6) is 17.2 Å². The Bertz CT molecular complexity index is 1060. The molecular formula is C23H24N2O6S. The summed E-state index contributed by atoms with van der Waals surface area (Å²) in [5, 5.41) is 2.37. The molecule has 0 saturated carbocycles. The van der Waals surface area contributed by atoms with Crippen molar-refractivity contribution in [2.45, 2.75) is 6.54 Å². The quantitative estimate of drug-likeness (QED) is 0.454. The average Bonchev–Trinajstić information content (AvgIpc) is 3.33. The van der Waals surface area contributed by atoms with Crippen LogP contribution < -0.4 is 14.2 Å². The lowest BCUT2D eigenvalue weighted by Gasteiger charge is -2.21. The summed E-state index contributed by atoms with van der Waals surface area (Å²) in [5.74, 6) is 0.993. The fraction of sp³-hybridized carbons (Fsp3) is 0.261. The number of hydrogen-bond donors (Lipinski definition) is 0. The number of esters is 1. The third-order valence-electron chi connectivity index (χ3n) is 4.68. The molecule has 0 saturated heterocycles. The van der Waals surface area contributed by atoms with Gasteiger partial charge in [-0.2, -0.15) is 0 Å². The van der Waals surface area contributed by atoms with Crippen LogP contribution in [0.3, 0.4) is 0 Å². The third-order valence-corrected chi connectivity index (χ3v) is 5.57. The van der Waals surface area contributed by atoms with Crippen molar-refractivity contribution in [3.8, 4) is 27.8 Å². The monoisotopic (exact) mass is 456 g/mol. The van der Waals surface area contributed by atoms with E-state index in [1.54, 1.807) is 44.9 Å². The number of rotatable bonds is 9. The van der Waals surface area contributed by atoms with E-state index in [-0.39, 0.29) is 24.7 Å². The molecule has 0 unspecified atom stereocenters. The Hall–Kier alpha value is -3.59. The Balaban J connectivity index is 1.86. The van der Waals surface area contributed by atoms with Gasteiger partial charge in [0.15, 0.2) is 0 Å². The van der Waals surface area contributed by atoms with Gasteiger partial charge in [-0.1, -0.05) is 0 Å². The molecule has 168 valence electrons. The van der Waals surface area contributed by atoms with E-state index in [0.29, 0.717) is 16.5 Å². The molecule has 0 radical (unpaired) electrons. The van der Waals surface area contributed by atoms with Gasteiger partial charge in [-0.05, 0) is 42.0 Å². The molecule has 1 aromatic heterocycles. The second-order valence-electron chi connectivity index (χ2n) is 6.72. The first-order chi connectivity index (χ1) is 15.5. The van der Waals surface area contributed by atoms with Crippen LogP contribution in [0.15, 0.2) is 47.8 Å². The fourth-order valence-electron chi connectivity index (χ4n) is 3.00. The first-order valence-electron chi connectivity index (χ1n) is 9.65. The Morgan fingerprint density at radius 2 is 1.53 bits per heavy atom. The number of carbonyl (C=O) groups is 2. The first kappa shape index (κ1) is 23.1. The molecule has 0 aliphatic heterocycles. The molecule has 3 aromatic rings. The van der Waals surface area contributed by atoms with Crippen molar-refractivity contribution >= 4 is 23.2 Å². The van der Waals surface area contributed by atoms with E-state index in [0.717, 1.165) is 16.9 Å². The maximum atomic E-state index is 13.2. The summed E-state index contributed by atoms with van der Waals surface area (Å²) >= 11 is 1.35. The Morgan fingerprint density at radius 1 is 0.906 bits per heavy atom. The van der Waals surface area contributed by atoms with E-state index in [1.165, 1.54) is 23.3 Å². The number of ether oxygens (including phenoxy) is 4. The molecule has 1 amide bonds. The van der Waals surface area contributed by atoms with Crippen LogP contribution in [-0.4, -0.2) is 56.7 Å². The van der Waals surface area contributed by atoms with Crippen molar-refractivity contribution in [2.24, 2.45) is 0 Å². The van der Waals surface area contributed by atoms with E-state index in [4.69, 9.17) is 18.9 Å². The van der Waals surface area contributed by atoms with E-state index in [1.807, 2.05) is 24.3 Å². The van der Waals surface area contributed by atoms with Gasteiger partial charge in [-0.15, -0.1) is 11.3 Å². The number of amides is 1. The van der Waals surface area contributed by atoms with Crippen molar-refractivity contribution in [3.05, 3.63) is 59.1 Å². The highest BCUT2D eigenvalue weighted by atomic mass is 32.1. The lowest BCUT2D eigenvalue weighted by molar-refractivity contribution is -0.141. The number of carbonyl (C=O) groups excluding carboxylic acids is 2. The lowest BCUT2D eigenvalue weighted by atomic mass is 10.1. The summed E-state index contributed by atoms with van der Waals surface area (Å²) in [6.45, 7) is -0.0683. The summed E-state index contributed by atoms with van der Waals surface area (Å²) in [4.78, 5) is 31.1. The number of nitrogens with zero attached hydrogens (tertiary/aromatic N) is 2. The predicted octanol–water partition coefficient (Wildman–Crippen LogP) is 3.65. The molecule has 0 spiro atoms. The van der Waals surface area contributed by atoms with Crippen LogP contribution >= 0.6 is 11.3 Å². The Kier molecular flexibility index (Phi) is 7.67. The molecule has 0 atom stereocenters. The largest absolute Gasteiger partial charge is 0.497 e. The highest BCUT2D eigenvalue weighted by Crippen LogP contribution is 2.27. The van der Waals surface area contributed by atoms with Crippen LogP contribution in [0.2, 0.25) is 0 Å². The van der Waals surface area contributed by atoms with Gasteiger partial charge in [0.25, 0.3) is 5.91 Å². The summed E-state index contributed by atoms with van der Waals surface area (Å²) < 4.78 is 20.6. The number of aromatic nitrogens is 1.